The maximum absolute atomic E-state index is 12.7. The van der Waals surface area contributed by atoms with Gasteiger partial charge in [-0.15, -0.1) is 0 Å². The number of hydrogen-bond acceptors (Lipinski definition) is 2. The molecule has 0 spiro atoms. The van der Waals surface area contributed by atoms with Gasteiger partial charge in [-0.05, 0) is 37.0 Å². The maximum atomic E-state index is 12.7. The zero-order chi connectivity index (χ0) is 13.7. The van der Waals surface area contributed by atoms with Crippen molar-refractivity contribution in [3.8, 4) is 0 Å². The van der Waals surface area contributed by atoms with Gasteiger partial charge in [-0.2, -0.15) is 0 Å². The zero-order valence-corrected chi connectivity index (χ0v) is 12.1. The highest BCUT2D eigenvalue weighted by molar-refractivity contribution is 5.97. The average Bonchev–Trinajstić information content (AvgIpc) is 2.87. The molecule has 0 radical (unpaired) electrons. The predicted octanol–water partition coefficient (Wildman–Crippen LogP) is 1.50. The van der Waals surface area contributed by atoms with Gasteiger partial charge in [-0.3, -0.25) is 9.59 Å². The molecule has 106 valence electrons. The van der Waals surface area contributed by atoms with Crippen molar-refractivity contribution in [2.75, 3.05) is 13.1 Å². The van der Waals surface area contributed by atoms with Crippen LogP contribution in [0.5, 0.6) is 0 Å². The smallest absolute Gasteiger partial charge is 0.246 e. The molecule has 4 unspecified atom stereocenters. The second-order valence-electron chi connectivity index (χ2n) is 6.84. The Hall–Kier alpha value is -1.06. The van der Waals surface area contributed by atoms with Crippen molar-refractivity contribution in [2.24, 2.45) is 17.8 Å². The van der Waals surface area contributed by atoms with Crippen LogP contribution < -0.4 is 0 Å². The highest BCUT2D eigenvalue weighted by Crippen LogP contribution is 2.40. The van der Waals surface area contributed by atoms with Gasteiger partial charge in [-0.1, -0.05) is 20.8 Å². The number of piperazine rings is 1. The van der Waals surface area contributed by atoms with Gasteiger partial charge in [0, 0.05) is 13.1 Å². The van der Waals surface area contributed by atoms with Crippen LogP contribution in [0.1, 0.15) is 40.0 Å². The fourth-order valence-electron chi connectivity index (χ4n) is 3.67. The summed E-state index contributed by atoms with van der Waals surface area (Å²) in [7, 11) is 0. The van der Waals surface area contributed by atoms with Gasteiger partial charge in [0.25, 0.3) is 0 Å². The Bertz CT molecular complexity index is 407. The number of fused-ring (bicyclic) bond motifs is 1. The third-order valence-electron chi connectivity index (χ3n) is 5.03. The first-order valence-electron chi connectivity index (χ1n) is 7.61. The number of hydrogen-bond donors (Lipinski definition) is 0. The van der Waals surface area contributed by atoms with E-state index in [0.29, 0.717) is 5.92 Å². The van der Waals surface area contributed by atoms with E-state index in [2.05, 4.69) is 20.8 Å². The molecule has 0 bridgehead atoms. The molecule has 19 heavy (non-hydrogen) atoms. The third-order valence-corrected chi connectivity index (χ3v) is 5.03. The van der Waals surface area contributed by atoms with Crippen LogP contribution >= 0.6 is 0 Å². The monoisotopic (exact) mass is 264 g/mol. The molecule has 4 nitrogen and oxygen atoms in total. The summed E-state index contributed by atoms with van der Waals surface area (Å²) >= 11 is 0. The van der Waals surface area contributed by atoms with Crippen LogP contribution in [0.25, 0.3) is 0 Å². The average molecular weight is 264 g/mol. The molecule has 1 aliphatic carbocycles. The topological polar surface area (TPSA) is 40.6 Å². The normalized spacial score (nSPS) is 38.1. The van der Waals surface area contributed by atoms with E-state index in [-0.39, 0.29) is 29.8 Å². The number of amides is 2. The van der Waals surface area contributed by atoms with E-state index in [0.717, 1.165) is 31.8 Å². The third kappa shape index (κ3) is 2.05. The van der Waals surface area contributed by atoms with Gasteiger partial charge in [0.05, 0.1) is 0 Å². The van der Waals surface area contributed by atoms with Crippen molar-refractivity contribution < 1.29 is 9.59 Å². The summed E-state index contributed by atoms with van der Waals surface area (Å²) in [6, 6.07) is -0.383. The minimum atomic E-state index is -0.227. The molecule has 0 aromatic heterocycles. The molecule has 4 heteroatoms. The van der Waals surface area contributed by atoms with Crippen molar-refractivity contribution in [3.63, 3.8) is 0 Å². The summed E-state index contributed by atoms with van der Waals surface area (Å²) in [6.45, 7) is 7.89. The number of carbonyl (C=O) groups excluding carboxylic acids is 2. The molecule has 3 aliphatic rings. The van der Waals surface area contributed by atoms with Crippen molar-refractivity contribution in [1.82, 2.24) is 9.80 Å². The first kappa shape index (κ1) is 12.9. The lowest BCUT2D eigenvalue weighted by Gasteiger charge is -2.44. The molecule has 0 aromatic carbocycles. The van der Waals surface area contributed by atoms with E-state index in [1.807, 2.05) is 9.80 Å². The molecule has 0 N–H and O–H groups in total. The van der Waals surface area contributed by atoms with Crippen LogP contribution in [-0.2, 0) is 9.59 Å². The summed E-state index contributed by atoms with van der Waals surface area (Å²) in [5, 5.41) is 0. The minimum Gasteiger partial charge on any atom is -0.329 e. The molecule has 0 aromatic rings. The zero-order valence-electron chi connectivity index (χ0n) is 12.1. The lowest BCUT2D eigenvalue weighted by atomic mass is 9.95. The SMILES string of the molecule is CC(C)C1C(=O)N2CCCC2C(=O)N1CC1CC1C. The van der Waals surface area contributed by atoms with Crippen LogP contribution in [0.4, 0.5) is 0 Å². The predicted molar refractivity (Wildman–Crippen MR) is 72.3 cm³/mol. The Morgan fingerprint density at radius 2 is 1.95 bits per heavy atom. The summed E-state index contributed by atoms with van der Waals surface area (Å²) in [4.78, 5) is 29.0. The molecule has 2 saturated heterocycles. The van der Waals surface area contributed by atoms with Crippen molar-refractivity contribution in [3.05, 3.63) is 0 Å². The number of rotatable bonds is 3. The summed E-state index contributed by atoms with van der Waals surface area (Å²) < 4.78 is 0. The Kier molecular flexibility index (Phi) is 3.06. The quantitative estimate of drug-likeness (QED) is 0.775. The van der Waals surface area contributed by atoms with Crippen molar-refractivity contribution in [2.45, 2.75) is 52.1 Å². The summed E-state index contributed by atoms with van der Waals surface area (Å²) in [6.07, 6.45) is 3.03. The molecule has 3 rings (SSSR count). The summed E-state index contributed by atoms with van der Waals surface area (Å²) in [5.41, 5.74) is 0. The lowest BCUT2D eigenvalue weighted by Crippen LogP contribution is -2.64. The first-order valence-corrected chi connectivity index (χ1v) is 7.61. The van der Waals surface area contributed by atoms with Crippen molar-refractivity contribution in [1.29, 1.82) is 0 Å². The number of carbonyl (C=O) groups is 2. The molecule has 2 amide bonds. The van der Waals surface area contributed by atoms with Gasteiger partial charge >= 0.3 is 0 Å². The van der Waals surface area contributed by atoms with E-state index in [1.54, 1.807) is 0 Å². The molecule has 2 heterocycles. The molecular formula is C15H24N2O2. The van der Waals surface area contributed by atoms with Gasteiger partial charge in [0.1, 0.15) is 12.1 Å². The highest BCUT2D eigenvalue weighted by Gasteiger charge is 2.50. The summed E-state index contributed by atoms with van der Waals surface area (Å²) in [5.74, 6) is 1.93. The maximum Gasteiger partial charge on any atom is 0.246 e. The van der Waals surface area contributed by atoms with Gasteiger partial charge in [0.2, 0.25) is 11.8 Å². The van der Waals surface area contributed by atoms with Crippen LogP contribution in [0.2, 0.25) is 0 Å². The van der Waals surface area contributed by atoms with Crippen molar-refractivity contribution >= 4 is 11.8 Å². The first-order chi connectivity index (χ1) is 9.00. The molecular weight excluding hydrogens is 240 g/mol. The van der Waals surface area contributed by atoms with Crippen LogP contribution in [0.3, 0.4) is 0 Å². The Labute approximate surface area is 115 Å². The lowest BCUT2D eigenvalue weighted by molar-refractivity contribution is -0.161. The number of nitrogens with zero attached hydrogens (tertiary/aromatic N) is 2. The highest BCUT2D eigenvalue weighted by atomic mass is 16.2. The Morgan fingerprint density at radius 1 is 1.26 bits per heavy atom. The van der Waals surface area contributed by atoms with Gasteiger partial charge in [-0.25, -0.2) is 0 Å². The molecule has 1 saturated carbocycles. The van der Waals surface area contributed by atoms with E-state index in [9.17, 15) is 9.59 Å². The molecule has 2 aliphatic heterocycles. The van der Waals surface area contributed by atoms with E-state index in [1.165, 1.54) is 6.42 Å². The van der Waals surface area contributed by atoms with Crippen LogP contribution in [0.15, 0.2) is 0 Å². The largest absolute Gasteiger partial charge is 0.329 e. The molecule has 4 atom stereocenters. The second-order valence-corrected chi connectivity index (χ2v) is 6.84. The Balaban J connectivity index is 1.84. The second kappa shape index (κ2) is 4.50. The van der Waals surface area contributed by atoms with Crippen LogP contribution in [-0.4, -0.2) is 46.8 Å². The fourth-order valence-corrected chi connectivity index (χ4v) is 3.67. The van der Waals surface area contributed by atoms with E-state index in [4.69, 9.17) is 0 Å². The van der Waals surface area contributed by atoms with E-state index < -0.39 is 0 Å². The standard InChI is InChI=1S/C15H24N2O2/c1-9(2)13-15(19)16-6-4-5-12(16)14(18)17(13)8-11-7-10(11)3/h9-13H,4-8H2,1-3H3. The fraction of sp³-hybridized carbons (Fsp3) is 0.867. The Morgan fingerprint density at radius 3 is 2.53 bits per heavy atom. The molecule has 3 fully saturated rings. The minimum absolute atomic E-state index is 0.156. The van der Waals surface area contributed by atoms with E-state index >= 15 is 0 Å². The van der Waals surface area contributed by atoms with Crippen LogP contribution in [0, 0.1) is 17.8 Å². The van der Waals surface area contributed by atoms with Gasteiger partial charge < -0.3 is 9.80 Å². The van der Waals surface area contributed by atoms with Gasteiger partial charge in [0.15, 0.2) is 0 Å².